The Balaban J connectivity index is 3.00. The molecule has 102 valence electrons. The van der Waals surface area contributed by atoms with Gasteiger partial charge in [-0.25, -0.2) is 0 Å². The van der Waals surface area contributed by atoms with Gasteiger partial charge in [0, 0.05) is 5.02 Å². The van der Waals surface area contributed by atoms with Crippen molar-refractivity contribution in [3.63, 3.8) is 0 Å². The highest BCUT2D eigenvalue weighted by Gasteiger charge is 2.23. The van der Waals surface area contributed by atoms with Crippen LogP contribution < -0.4 is 0 Å². The average molecular weight is 267 g/mol. The van der Waals surface area contributed by atoms with Gasteiger partial charge in [-0.15, -0.1) is 0 Å². The largest absolute Gasteiger partial charge is 0.0840 e. The third-order valence-electron chi connectivity index (χ3n) is 3.56. The first-order valence-corrected chi connectivity index (χ1v) is 7.17. The monoisotopic (exact) mass is 266 g/mol. The lowest BCUT2D eigenvalue weighted by Crippen LogP contribution is -2.16. The van der Waals surface area contributed by atoms with Crippen LogP contribution in [0.3, 0.4) is 0 Å². The Kier molecular flexibility index (Phi) is 4.54. The lowest BCUT2D eigenvalue weighted by atomic mass is 9.77. The van der Waals surface area contributed by atoms with Crippen molar-refractivity contribution in [2.45, 2.75) is 60.8 Å². The molecule has 1 heteroatoms. The van der Waals surface area contributed by atoms with Crippen LogP contribution in [0, 0.1) is 10.8 Å². The Morgan fingerprint density at radius 3 is 2.00 bits per heavy atom. The Morgan fingerprint density at radius 2 is 1.61 bits per heavy atom. The molecule has 0 spiro atoms. The maximum atomic E-state index is 6.46. The van der Waals surface area contributed by atoms with E-state index in [9.17, 15) is 0 Å². The van der Waals surface area contributed by atoms with Crippen molar-refractivity contribution in [3.8, 4) is 0 Å². The third-order valence-corrected chi connectivity index (χ3v) is 3.89. The van der Waals surface area contributed by atoms with Gasteiger partial charge in [0.1, 0.15) is 0 Å². The molecule has 0 saturated heterocycles. The molecule has 1 rings (SSSR count). The quantitative estimate of drug-likeness (QED) is 0.609. The van der Waals surface area contributed by atoms with Crippen LogP contribution in [0.4, 0.5) is 0 Å². The average Bonchev–Trinajstić information content (AvgIpc) is 2.12. The Hall–Kier alpha value is -0.490. The molecule has 0 N–H and O–H groups in total. The normalized spacial score (nSPS) is 14.7. The van der Waals surface area contributed by atoms with Crippen molar-refractivity contribution in [1.82, 2.24) is 0 Å². The van der Waals surface area contributed by atoms with Gasteiger partial charge in [-0.05, 0) is 40.4 Å². The Morgan fingerprint density at radius 1 is 1.06 bits per heavy atom. The summed E-state index contributed by atoms with van der Waals surface area (Å²) < 4.78 is 0. The minimum Gasteiger partial charge on any atom is -0.0840 e. The zero-order valence-electron chi connectivity index (χ0n) is 12.9. The maximum Gasteiger partial charge on any atom is 0.0443 e. The van der Waals surface area contributed by atoms with Crippen molar-refractivity contribution in [2.24, 2.45) is 10.8 Å². The van der Waals surface area contributed by atoms with Crippen molar-refractivity contribution in [3.05, 3.63) is 34.3 Å². The highest BCUT2D eigenvalue weighted by Crippen LogP contribution is 2.38. The molecule has 0 saturated carbocycles. The summed E-state index contributed by atoms with van der Waals surface area (Å²) in [7, 11) is 0. The minimum atomic E-state index is 0.245. The molecular formula is C17H27Cl. The first kappa shape index (κ1) is 15.6. The van der Waals surface area contributed by atoms with Crippen molar-refractivity contribution >= 4 is 11.6 Å². The van der Waals surface area contributed by atoms with E-state index >= 15 is 0 Å². The summed E-state index contributed by atoms with van der Waals surface area (Å²) in [4.78, 5) is 0. The van der Waals surface area contributed by atoms with Gasteiger partial charge in [-0.1, -0.05) is 72.2 Å². The van der Waals surface area contributed by atoms with E-state index in [0.29, 0.717) is 11.3 Å². The van der Waals surface area contributed by atoms with E-state index in [1.165, 1.54) is 11.1 Å². The molecule has 18 heavy (non-hydrogen) atoms. The third kappa shape index (κ3) is 4.31. The van der Waals surface area contributed by atoms with Crippen LogP contribution >= 0.6 is 11.6 Å². The molecule has 0 aliphatic heterocycles. The molecule has 0 aliphatic rings. The van der Waals surface area contributed by atoms with Crippen LogP contribution in [0.15, 0.2) is 18.2 Å². The Labute approximate surface area is 118 Å². The van der Waals surface area contributed by atoms with Gasteiger partial charge in [0.2, 0.25) is 0 Å². The second kappa shape index (κ2) is 5.25. The summed E-state index contributed by atoms with van der Waals surface area (Å²) in [5.41, 5.74) is 3.15. The summed E-state index contributed by atoms with van der Waals surface area (Å²) in [6.07, 6.45) is 1.07. The van der Waals surface area contributed by atoms with E-state index in [2.05, 4.69) is 66.7 Å². The fourth-order valence-electron chi connectivity index (χ4n) is 2.11. The fourth-order valence-corrected chi connectivity index (χ4v) is 2.48. The van der Waals surface area contributed by atoms with Gasteiger partial charge in [-0.3, -0.25) is 0 Å². The maximum absolute atomic E-state index is 6.46. The summed E-state index contributed by atoms with van der Waals surface area (Å²) in [5, 5.41) is 0.916. The number of benzene rings is 1. The first-order valence-electron chi connectivity index (χ1n) is 6.79. The molecule has 0 radical (unpaired) electrons. The number of halogens is 1. The van der Waals surface area contributed by atoms with Gasteiger partial charge >= 0.3 is 0 Å². The van der Waals surface area contributed by atoms with Crippen LogP contribution in [-0.4, -0.2) is 0 Å². The van der Waals surface area contributed by atoms with E-state index in [1.807, 2.05) is 0 Å². The zero-order chi connectivity index (χ0) is 14.1. The topological polar surface area (TPSA) is 0 Å². The highest BCUT2D eigenvalue weighted by atomic mass is 35.5. The van der Waals surface area contributed by atoms with Crippen molar-refractivity contribution in [1.29, 1.82) is 0 Å². The molecule has 1 aromatic carbocycles. The van der Waals surface area contributed by atoms with E-state index < -0.39 is 0 Å². The van der Waals surface area contributed by atoms with Gasteiger partial charge in [-0.2, -0.15) is 0 Å². The smallest absolute Gasteiger partial charge is 0.0443 e. The van der Waals surface area contributed by atoms with Crippen LogP contribution in [0.1, 0.15) is 65.5 Å². The van der Waals surface area contributed by atoms with E-state index in [1.54, 1.807) is 0 Å². The first-order chi connectivity index (χ1) is 8.00. The predicted molar refractivity (Wildman–Crippen MR) is 82.5 cm³/mol. The molecule has 0 aliphatic carbocycles. The van der Waals surface area contributed by atoms with Gasteiger partial charge < -0.3 is 0 Å². The van der Waals surface area contributed by atoms with Crippen LogP contribution in [0.5, 0.6) is 0 Å². The molecule has 0 bridgehead atoms. The molecule has 0 aromatic heterocycles. The fraction of sp³-hybridized carbons (Fsp3) is 0.647. The minimum absolute atomic E-state index is 0.245. The zero-order valence-corrected chi connectivity index (χ0v) is 13.7. The summed E-state index contributed by atoms with van der Waals surface area (Å²) in [6, 6.07) is 6.58. The lowest BCUT2D eigenvalue weighted by Gasteiger charge is -2.29. The van der Waals surface area contributed by atoms with E-state index in [-0.39, 0.29) is 5.41 Å². The SMILES string of the molecule is CC(c1ccc(CC(C)(C)C)cc1Cl)C(C)(C)C. The van der Waals surface area contributed by atoms with Crippen LogP contribution in [0.2, 0.25) is 5.02 Å². The standard InChI is InChI=1S/C17H27Cl/c1-12(17(5,6)7)14-9-8-13(10-15(14)18)11-16(2,3)4/h8-10,12H,11H2,1-7H3. The van der Waals surface area contributed by atoms with Gasteiger partial charge in [0.25, 0.3) is 0 Å². The molecular weight excluding hydrogens is 240 g/mol. The molecule has 0 fully saturated rings. The van der Waals surface area contributed by atoms with Crippen LogP contribution in [-0.2, 0) is 6.42 Å². The second-order valence-corrected chi connectivity index (χ2v) is 8.09. The van der Waals surface area contributed by atoms with Gasteiger partial charge in [0.05, 0.1) is 0 Å². The van der Waals surface area contributed by atoms with Crippen LogP contribution in [0.25, 0.3) is 0 Å². The molecule has 1 aromatic rings. The predicted octanol–water partition coefficient (Wildman–Crippen LogP) is 6.08. The van der Waals surface area contributed by atoms with E-state index in [4.69, 9.17) is 11.6 Å². The summed E-state index contributed by atoms with van der Waals surface area (Å²) >= 11 is 6.46. The molecule has 1 unspecified atom stereocenters. The number of rotatable bonds is 2. The lowest BCUT2D eigenvalue weighted by molar-refractivity contribution is 0.339. The molecule has 0 amide bonds. The summed E-state index contributed by atoms with van der Waals surface area (Å²) in [5.74, 6) is 0.466. The molecule has 0 nitrogen and oxygen atoms in total. The highest BCUT2D eigenvalue weighted by molar-refractivity contribution is 6.31. The van der Waals surface area contributed by atoms with Gasteiger partial charge in [0.15, 0.2) is 0 Å². The number of hydrogen-bond acceptors (Lipinski definition) is 0. The van der Waals surface area contributed by atoms with E-state index in [0.717, 1.165) is 11.4 Å². The molecule has 1 atom stereocenters. The Bertz CT molecular complexity index is 405. The second-order valence-electron chi connectivity index (χ2n) is 7.68. The van der Waals surface area contributed by atoms with Crippen molar-refractivity contribution < 1.29 is 0 Å². The van der Waals surface area contributed by atoms with Crippen molar-refractivity contribution in [2.75, 3.05) is 0 Å². The molecule has 0 heterocycles. The summed E-state index contributed by atoms with van der Waals surface area (Å²) in [6.45, 7) is 15.8. The number of hydrogen-bond donors (Lipinski definition) is 0.